The number of ether oxygens (including phenoxy) is 3. The Balaban J connectivity index is 2.17. The van der Waals surface area contributed by atoms with Gasteiger partial charge in [0.25, 0.3) is 0 Å². The zero-order valence-corrected chi connectivity index (χ0v) is 12.2. The van der Waals surface area contributed by atoms with E-state index >= 15 is 0 Å². The van der Waals surface area contributed by atoms with Gasteiger partial charge in [0, 0.05) is 11.1 Å². The van der Waals surface area contributed by atoms with Crippen LogP contribution in [0.25, 0.3) is 0 Å². The van der Waals surface area contributed by atoms with E-state index < -0.39 is 0 Å². The molecule has 0 fully saturated rings. The number of carbonyl (C=O) groups is 1. The molecule has 0 N–H and O–H groups in total. The quantitative estimate of drug-likeness (QED) is 0.731. The molecule has 0 bridgehead atoms. The largest absolute Gasteiger partial charge is 0.496 e. The molecular formula is C17H18O4. The Hall–Kier alpha value is -2.49. The van der Waals surface area contributed by atoms with Crippen molar-refractivity contribution in [1.82, 2.24) is 0 Å². The van der Waals surface area contributed by atoms with Crippen LogP contribution >= 0.6 is 0 Å². The van der Waals surface area contributed by atoms with Crippen molar-refractivity contribution >= 4 is 6.29 Å². The minimum absolute atomic E-state index is 0.366. The molecule has 0 aliphatic carbocycles. The Labute approximate surface area is 124 Å². The molecule has 0 radical (unpaired) electrons. The van der Waals surface area contributed by atoms with Gasteiger partial charge in [0.05, 0.1) is 13.7 Å². The van der Waals surface area contributed by atoms with E-state index in [-0.39, 0.29) is 0 Å². The van der Waals surface area contributed by atoms with Gasteiger partial charge in [0.1, 0.15) is 18.6 Å². The van der Waals surface area contributed by atoms with Gasteiger partial charge in [0.15, 0.2) is 11.5 Å². The third-order valence-electron chi connectivity index (χ3n) is 2.98. The van der Waals surface area contributed by atoms with E-state index in [9.17, 15) is 4.79 Å². The lowest BCUT2D eigenvalue weighted by atomic mass is 10.2. The molecule has 0 spiro atoms. The highest BCUT2D eigenvalue weighted by atomic mass is 16.5. The summed E-state index contributed by atoms with van der Waals surface area (Å²) in [5.74, 6) is 1.95. The van der Waals surface area contributed by atoms with Crippen LogP contribution in [0, 0.1) is 0 Å². The molecule has 0 heterocycles. The molecule has 0 aromatic heterocycles. The predicted molar refractivity (Wildman–Crippen MR) is 80.3 cm³/mol. The SMILES string of the molecule is CCOc1cc(C=O)ccc1OCc1ccccc1OC. The number of aldehydes is 1. The summed E-state index contributed by atoms with van der Waals surface area (Å²) in [6.07, 6.45) is 0.784. The zero-order chi connectivity index (χ0) is 15.1. The van der Waals surface area contributed by atoms with Crippen molar-refractivity contribution in [1.29, 1.82) is 0 Å². The first-order valence-corrected chi connectivity index (χ1v) is 6.75. The van der Waals surface area contributed by atoms with E-state index in [1.54, 1.807) is 25.3 Å². The topological polar surface area (TPSA) is 44.8 Å². The first-order chi connectivity index (χ1) is 10.3. The van der Waals surface area contributed by atoms with E-state index in [1.807, 2.05) is 31.2 Å². The van der Waals surface area contributed by atoms with Gasteiger partial charge < -0.3 is 14.2 Å². The molecule has 0 unspecified atom stereocenters. The molecular weight excluding hydrogens is 268 g/mol. The van der Waals surface area contributed by atoms with Crippen molar-refractivity contribution in [2.75, 3.05) is 13.7 Å². The van der Waals surface area contributed by atoms with Crippen LogP contribution in [-0.2, 0) is 6.61 Å². The van der Waals surface area contributed by atoms with Gasteiger partial charge in [-0.15, -0.1) is 0 Å². The highest BCUT2D eigenvalue weighted by molar-refractivity contribution is 5.76. The number of carbonyl (C=O) groups excluding carboxylic acids is 1. The number of hydrogen-bond donors (Lipinski definition) is 0. The monoisotopic (exact) mass is 286 g/mol. The zero-order valence-electron chi connectivity index (χ0n) is 12.2. The van der Waals surface area contributed by atoms with Crippen LogP contribution in [0.5, 0.6) is 17.2 Å². The van der Waals surface area contributed by atoms with Gasteiger partial charge in [-0.25, -0.2) is 0 Å². The number of methoxy groups -OCH3 is 1. The van der Waals surface area contributed by atoms with Gasteiger partial charge in [0.2, 0.25) is 0 Å². The molecule has 0 amide bonds. The maximum Gasteiger partial charge on any atom is 0.161 e. The Morgan fingerprint density at radius 1 is 1.00 bits per heavy atom. The number of hydrogen-bond acceptors (Lipinski definition) is 4. The van der Waals surface area contributed by atoms with Crippen molar-refractivity contribution in [3.63, 3.8) is 0 Å². The van der Waals surface area contributed by atoms with Crippen LogP contribution < -0.4 is 14.2 Å². The Morgan fingerprint density at radius 2 is 1.81 bits per heavy atom. The summed E-state index contributed by atoms with van der Waals surface area (Å²) < 4.78 is 16.6. The molecule has 110 valence electrons. The Bertz CT molecular complexity index is 607. The molecule has 0 saturated heterocycles. The first-order valence-electron chi connectivity index (χ1n) is 6.75. The molecule has 4 heteroatoms. The van der Waals surface area contributed by atoms with Crippen LogP contribution in [-0.4, -0.2) is 20.0 Å². The Morgan fingerprint density at radius 3 is 2.52 bits per heavy atom. The maximum absolute atomic E-state index is 10.8. The molecule has 0 saturated carbocycles. The van der Waals surface area contributed by atoms with Gasteiger partial charge in [-0.2, -0.15) is 0 Å². The third kappa shape index (κ3) is 3.75. The number of rotatable bonds is 7. The maximum atomic E-state index is 10.8. The fourth-order valence-electron chi connectivity index (χ4n) is 1.96. The average molecular weight is 286 g/mol. The van der Waals surface area contributed by atoms with Gasteiger partial charge in [-0.05, 0) is 31.2 Å². The summed E-state index contributed by atoms with van der Waals surface area (Å²) >= 11 is 0. The molecule has 0 atom stereocenters. The van der Waals surface area contributed by atoms with Crippen LogP contribution in [0.4, 0.5) is 0 Å². The first kappa shape index (κ1) is 14.9. The van der Waals surface area contributed by atoms with Crippen molar-refractivity contribution in [3.8, 4) is 17.2 Å². The minimum atomic E-state index is 0.366. The van der Waals surface area contributed by atoms with E-state index in [0.29, 0.717) is 30.3 Å². The second-order valence-electron chi connectivity index (χ2n) is 4.36. The van der Waals surface area contributed by atoms with Crippen molar-refractivity contribution in [3.05, 3.63) is 53.6 Å². The smallest absolute Gasteiger partial charge is 0.161 e. The molecule has 0 aliphatic rings. The standard InChI is InChI=1S/C17H18O4/c1-3-20-17-10-13(11-18)8-9-16(17)21-12-14-6-4-5-7-15(14)19-2/h4-11H,3,12H2,1-2H3. The minimum Gasteiger partial charge on any atom is -0.496 e. The van der Waals surface area contributed by atoms with E-state index in [2.05, 4.69) is 0 Å². The van der Waals surface area contributed by atoms with Crippen LogP contribution in [0.1, 0.15) is 22.8 Å². The lowest BCUT2D eigenvalue weighted by molar-refractivity contribution is 0.112. The summed E-state index contributed by atoms with van der Waals surface area (Å²) in [6, 6.07) is 12.8. The molecule has 4 nitrogen and oxygen atoms in total. The van der Waals surface area contributed by atoms with Crippen molar-refractivity contribution in [2.24, 2.45) is 0 Å². The Kier molecular flexibility index (Phi) is 5.21. The van der Waals surface area contributed by atoms with Crippen molar-refractivity contribution < 1.29 is 19.0 Å². The average Bonchev–Trinajstić information content (AvgIpc) is 2.54. The van der Waals surface area contributed by atoms with E-state index in [1.165, 1.54) is 0 Å². The highest BCUT2D eigenvalue weighted by Gasteiger charge is 2.08. The molecule has 2 aromatic carbocycles. The normalized spacial score (nSPS) is 10.0. The molecule has 21 heavy (non-hydrogen) atoms. The lowest BCUT2D eigenvalue weighted by Crippen LogP contribution is -2.01. The summed E-state index contributed by atoms with van der Waals surface area (Å²) in [6.45, 7) is 2.76. The second kappa shape index (κ2) is 7.33. The van der Waals surface area contributed by atoms with Gasteiger partial charge in [-0.1, -0.05) is 18.2 Å². The molecule has 2 rings (SSSR count). The van der Waals surface area contributed by atoms with E-state index in [0.717, 1.165) is 17.6 Å². The van der Waals surface area contributed by atoms with E-state index in [4.69, 9.17) is 14.2 Å². The summed E-state index contributed by atoms with van der Waals surface area (Å²) in [5, 5.41) is 0. The number of benzene rings is 2. The van der Waals surface area contributed by atoms with Crippen LogP contribution in [0.2, 0.25) is 0 Å². The van der Waals surface area contributed by atoms with Crippen LogP contribution in [0.3, 0.4) is 0 Å². The highest BCUT2D eigenvalue weighted by Crippen LogP contribution is 2.29. The number of para-hydroxylation sites is 1. The summed E-state index contributed by atoms with van der Waals surface area (Å²) in [4.78, 5) is 10.8. The predicted octanol–water partition coefficient (Wildman–Crippen LogP) is 3.49. The van der Waals surface area contributed by atoms with Crippen molar-refractivity contribution in [2.45, 2.75) is 13.5 Å². The fourth-order valence-corrected chi connectivity index (χ4v) is 1.96. The van der Waals surface area contributed by atoms with Gasteiger partial charge in [-0.3, -0.25) is 4.79 Å². The lowest BCUT2D eigenvalue weighted by Gasteiger charge is -2.13. The summed E-state index contributed by atoms with van der Waals surface area (Å²) in [7, 11) is 1.63. The molecule has 0 aliphatic heterocycles. The summed E-state index contributed by atoms with van der Waals surface area (Å²) in [5.41, 5.74) is 1.50. The third-order valence-corrected chi connectivity index (χ3v) is 2.98. The van der Waals surface area contributed by atoms with Gasteiger partial charge >= 0.3 is 0 Å². The second-order valence-corrected chi connectivity index (χ2v) is 4.36. The molecule has 2 aromatic rings. The fraction of sp³-hybridized carbons (Fsp3) is 0.235. The van der Waals surface area contributed by atoms with Crippen LogP contribution in [0.15, 0.2) is 42.5 Å².